The number of hydrogen-bond acceptors (Lipinski definition) is 4. The Hall–Kier alpha value is -2.33. The van der Waals surface area contributed by atoms with Crippen LogP contribution in [0, 0.1) is 0 Å². The minimum Gasteiger partial charge on any atom is -0.489 e. The van der Waals surface area contributed by atoms with E-state index in [1.165, 1.54) is 6.42 Å². The van der Waals surface area contributed by atoms with Gasteiger partial charge >= 0.3 is 5.97 Å². The lowest BCUT2D eigenvalue weighted by atomic mass is 10.1. The van der Waals surface area contributed by atoms with Gasteiger partial charge in [0.25, 0.3) is 0 Å². The normalized spacial score (nSPS) is 11.0. The van der Waals surface area contributed by atoms with Crippen molar-refractivity contribution in [3.63, 3.8) is 0 Å². The van der Waals surface area contributed by atoms with Gasteiger partial charge in [-0.05, 0) is 30.2 Å². The maximum atomic E-state index is 11.4. The van der Waals surface area contributed by atoms with Crippen LogP contribution in [-0.4, -0.2) is 23.8 Å². The molecule has 2 rings (SSSR count). The second kappa shape index (κ2) is 12.1. The summed E-state index contributed by atoms with van der Waals surface area (Å²) in [5, 5.41) is 9.72. The van der Waals surface area contributed by atoms with Crippen LogP contribution >= 0.6 is 0 Å². The molecule has 0 aliphatic heterocycles. The lowest BCUT2D eigenvalue weighted by Gasteiger charge is -2.10. The van der Waals surface area contributed by atoms with Crippen LogP contribution < -0.4 is 4.74 Å². The molecule has 0 saturated carbocycles. The molecule has 0 amide bonds. The van der Waals surface area contributed by atoms with Crippen molar-refractivity contribution in [1.82, 2.24) is 0 Å². The van der Waals surface area contributed by atoms with Gasteiger partial charge in [-0.3, -0.25) is 0 Å². The Bertz CT molecular complexity index is 593. The van der Waals surface area contributed by atoms with Crippen LogP contribution in [0.3, 0.4) is 0 Å². The molecule has 1 unspecified atom stereocenters. The first-order valence-corrected chi connectivity index (χ1v) is 8.71. The lowest BCUT2D eigenvalue weighted by Crippen LogP contribution is -2.25. The molecule has 0 bridgehead atoms. The Kier molecular flexibility index (Phi) is 10.0. The Labute approximate surface area is 150 Å². The van der Waals surface area contributed by atoms with E-state index in [4.69, 9.17) is 9.47 Å². The number of aliphatic hydroxyl groups is 1. The molecule has 0 fully saturated rings. The standard InChI is InChI=1S/C18H20O4.C3H8/c1-2-21-18(20)17(19)12-14-8-10-16(11-9-14)22-13-15-6-4-3-5-7-15;1-3-2/h3-11,17,19H,2,12-13H2,1H3;3H2,1-2H3. The van der Waals surface area contributed by atoms with Crippen molar-refractivity contribution < 1.29 is 19.4 Å². The Balaban J connectivity index is 0.000000970. The van der Waals surface area contributed by atoms with Crippen molar-refractivity contribution in [1.29, 1.82) is 0 Å². The molecule has 1 N–H and O–H groups in total. The summed E-state index contributed by atoms with van der Waals surface area (Å²) >= 11 is 0. The molecule has 2 aromatic rings. The quantitative estimate of drug-likeness (QED) is 0.767. The largest absolute Gasteiger partial charge is 0.489 e. The van der Waals surface area contributed by atoms with Crippen molar-refractivity contribution in [3.8, 4) is 5.75 Å². The highest BCUT2D eigenvalue weighted by Gasteiger charge is 2.16. The fraction of sp³-hybridized carbons (Fsp3) is 0.381. The first kappa shape index (κ1) is 20.7. The highest BCUT2D eigenvalue weighted by atomic mass is 16.5. The zero-order valence-electron chi connectivity index (χ0n) is 15.3. The van der Waals surface area contributed by atoms with E-state index in [1.54, 1.807) is 6.92 Å². The summed E-state index contributed by atoms with van der Waals surface area (Å²) in [5.41, 5.74) is 1.96. The summed E-state index contributed by atoms with van der Waals surface area (Å²) in [5.74, 6) is 0.158. The zero-order chi connectivity index (χ0) is 18.5. The Morgan fingerprint density at radius 1 is 0.960 bits per heavy atom. The van der Waals surface area contributed by atoms with Crippen molar-refractivity contribution in [2.75, 3.05) is 6.61 Å². The van der Waals surface area contributed by atoms with Gasteiger partial charge < -0.3 is 14.6 Å². The van der Waals surface area contributed by atoms with Crippen molar-refractivity contribution >= 4 is 5.97 Å². The maximum absolute atomic E-state index is 11.4. The van der Waals surface area contributed by atoms with Gasteiger partial charge in [0.05, 0.1) is 6.61 Å². The fourth-order valence-corrected chi connectivity index (χ4v) is 2.01. The first-order chi connectivity index (χ1) is 12.1. The predicted octanol–water partition coefficient (Wildman–Crippen LogP) is 4.15. The SMILES string of the molecule is CCC.CCOC(=O)C(O)Cc1ccc(OCc2ccccc2)cc1. The van der Waals surface area contributed by atoms with Crippen LogP contribution in [0.15, 0.2) is 54.6 Å². The first-order valence-electron chi connectivity index (χ1n) is 8.71. The van der Waals surface area contributed by atoms with Crippen LogP contribution in [-0.2, 0) is 22.6 Å². The van der Waals surface area contributed by atoms with Crippen molar-refractivity contribution in [3.05, 3.63) is 65.7 Å². The summed E-state index contributed by atoms with van der Waals surface area (Å²) in [4.78, 5) is 11.4. The van der Waals surface area contributed by atoms with E-state index in [0.717, 1.165) is 16.9 Å². The predicted molar refractivity (Wildman–Crippen MR) is 99.5 cm³/mol. The molecular formula is C21H28O4. The summed E-state index contributed by atoms with van der Waals surface area (Å²) in [7, 11) is 0. The number of ether oxygens (including phenoxy) is 2. The molecule has 0 aliphatic rings. The molecule has 0 aliphatic carbocycles. The highest BCUT2D eigenvalue weighted by molar-refractivity contribution is 5.74. The van der Waals surface area contributed by atoms with Gasteiger partial charge in [-0.1, -0.05) is 62.7 Å². The van der Waals surface area contributed by atoms with Crippen molar-refractivity contribution in [2.24, 2.45) is 0 Å². The summed E-state index contributed by atoms with van der Waals surface area (Å²) in [6, 6.07) is 17.2. The van der Waals surface area contributed by atoms with Gasteiger partial charge in [0, 0.05) is 6.42 Å². The number of esters is 1. The van der Waals surface area contributed by atoms with Crippen LogP contribution in [0.1, 0.15) is 38.3 Å². The maximum Gasteiger partial charge on any atom is 0.335 e. The number of carbonyl (C=O) groups excluding carboxylic acids is 1. The Morgan fingerprint density at radius 3 is 2.12 bits per heavy atom. The van der Waals surface area contributed by atoms with Crippen LogP contribution in [0.2, 0.25) is 0 Å². The van der Waals surface area contributed by atoms with E-state index >= 15 is 0 Å². The number of benzene rings is 2. The average molecular weight is 344 g/mol. The third-order valence-electron chi connectivity index (χ3n) is 3.16. The van der Waals surface area contributed by atoms with E-state index in [1.807, 2.05) is 54.6 Å². The molecule has 0 radical (unpaired) electrons. The molecule has 0 heterocycles. The van der Waals surface area contributed by atoms with Gasteiger partial charge in [-0.2, -0.15) is 0 Å². The zero-order valence-corrected chi connectivity index (χ0v) is 15.3. The second-order valence-corrected chi connectivity index (χ2v) is 5.60. The molecule has 4 heteroatoms. The lowest BCUT2D eigenvalue weighted by molar-refractivity contribution is -0.152. The van der Waals surface area contributed by atoms with Crippen molar-refractivity contribution in [2.45, 2.75) is 46.3 Å². The third kappa shape index (κ3) is 8.36. The van der Waals surface area contributed by atoms with Gasteiger partial charge in [0.15, 0.2) is 6.10 Å². The molecular weight excluding hydrogens is 316 g/mol. The molecule has 0 spiro atoms. The number of carbonyl (C=O) groups is 1. The van der Waals surface area contributed by atoms with Gasteiger partial charge in [-0.15, -0.1) is 0 Å². The van der Waals surface area contributed by atoms with E-state index in [0.29, 0.717) is 6.61 Å². The summed E-state index contributed by atoms with van der Waals surface area (Å²) in [6.45, 7) is 6.73. The van der Waals surface area contributed by atoms with Crippen LogP contribution in [0.25, 0.3) is 0 Å². The van der Waals surface area contributed by atoms with Gasteiger partial charge in [0.2, 0.25) is 0 Å². The van der Waals surface area contributed by atoms with Gasteiger partial charge in [0.1, 0.15) is 12.4 Å². The third-order valence-corrected chi connectivity index (χ3v) is 3.16. The van der Waals surface area contributed by atoms with Crippen LogP contribution in [0.4, 0.5) is 0 Å². The molecule has 1 atom stereocenters. The molecule has 25 heavy (non-hydrogen) atoms. The second-order valence-electron chi connectivity index (χ2n) is 5.60. The minimum absolute atomic E-state index is 0.234. The van der Waals surface area contributed by atoms with E-state index < -0.39 is 12.1 Å². The molecule has 0 aromatic heterocycles. The van der Waals surface area contributed by atoms with Crippen LogP contribution in [0.5, 0.6) is 5.75 Å². The smallest absolute Gasteiger partial charge is 0.335 e. The molecule has 2 aromatic carbocycles. The number of rotatable bonds is 7. The number of hydrogen-bond donors (Lipinski definition) is 1. The Morgan fingerprint density at radius 2 is 1.56 bits per heavy atom. The highest BCUT2D eigenvalue weighted by Crippen LogP contribution is 2.15. The van der Waals surface area contributed by atoms with E-state index in [-0.39, 0.29) is 13.0 Å². The summed E-state index contributed by atoms with van der Waals surface area (Å²) < 4.78 is 10.5. The van der Waals surface area contributed by atoms with Gasteiger partial charge in [-0.25, -0.2) is 4.79 Å². The summed E-state index contributed by atoms with van der Waals surface area (Å²) in [6.07, 6.45) is 0.355. The number of aliphatic hydroxyl groups excluding tert-OH is 1. The molecule has 0 saturated heterocycles. The topological polar surface area (TPSA) is 55.8 Å². The average Bonchev–Trinajstić information content (AvgIpc) is 2.63. The monoisotopic (exact) mass is 344 g/mol. The molecule has 136 valence electrons. The fourth-order valence-electron chi connectivity index (χ4n) is 2.01. The van der Waals surface area contributed by atoms with E-state index in [2.05, 4.69) is 13.8 Å². The minimum atomic E-state index is -1.13. The molecule has 4 nitrogen and oxygen atoms in total. The van der Waals surface area contributed by atoms with E-state index in [9.17, 15) is 9.90 Å².